The Labute approximate surface area is 177 Å². The van der Waals surface area contributed by atoms with E-state index in [0.717, 1.165) is 34.5 Å². The Morgan fingerprint density at radius 2 is 1.96 bits per heavy atom. The van der Waals surface area contributed by atoms with Crippen LogP contribution in [0.5, 0.6) is 5.75 Å². The van der Waals surface area contributed by atoms with Crippen molar-refractivity contribution in [3.05, 3.63) is 44.9 Å². The fourth-order valence-corrected chi connectivity index (χ4v) is 3.24. The molecule has 0 aliphatic heterocycles. The summed E-state index contributed by atoms with van der Waals surface area (Å²) in [6.45, 7) is 13.0. The topological polar surface area (TPSA) is 58.5 Å². The fraction of sp³-hybridized carbons (Fsp3) is 0.474. The molecule has 7 heteroatoms. The summed E-state index contributed by atoms with van der Waals surface area (Å²) in [5.41, 5.74) is 3.38. The van der Waals surface area contributed by atoms with Gasteiger partial charge in [0, 0.05) is 17.0 Å². The average molecular weight is 488 g/mol. The van der Waals surface area contributed by atoms with Crippen LogP contribution in [-0.2, 0) is 13.1 Å². The molecule has 0 saturated heterocycles. The van der Waals surface area contributed by atoms with Gasteiger partial charge < -0.3 is 15.4 Å². The Bertz CT molecular complexity index is 711. The minimum absolute atomic E-state index is 0. The van der Waals surface area contributed by atoms with Crippen molar-refractivity contribution in [2.75, 3.05) is 13.2 Å². The maximum Gasteiger partial charge on any atom is 0.191 e. The van der Waals surface area contributed by atoms with E-state index >= 15 is 0 Å². The molecule has 0 aliphatic rings. The van der Waals surface area contributed by atoms with E-state index < -0.39 is 0 Å². The van der Waals surface area contributed by atoms with E-state index in [4.69, 9.17) is 9.73 Å². The number of hydrogen-bond acceptors (Lipinski definition) is 4. The standard InChI is InChI=1S/C19H28N4OS.HI/c1-6-20-19(22-12-18-23-14(4)15(5)25-18)21-11-16-9-8-13(3)10-17(16)24-7-2;/h8-10H,6-7,11-12H2,1-5H3,(H2,20,21,22);1H. The van der Waals surface area contributed by atoms with Gasteiger partial charge in [-0.05, 0) is 46.2 Å². The number of aromatic nitrogens is 1. The number of benzene rings is 1. The van der Waals surface area contributed by atoms with E-state index in [0.29, 0.717) is 19.7 Å². The van der Waals surface area contributed by atoms with Crippen molar-refractivity contribution in [1.82, 2.24) is 15.6 Å². The molecule has 0 unspecified atom stereocenters. The minimum atomic E-state index is 0. The molecule has 0 fully saturated rings. The van der Waals surface area contributed by atoms with Crippen LogP contribution in [0.4, 0.5) is 0 Å². The maximum atomic E-state index is 5.74. The lowest BCUT2D eigenvalue weighted by atomic mass is 10.1. The second-order valence-corrected chi connectivity index (χ2v) is 7.13. The molecule has 1 aromatic carbocycles. The van der Waals surface area contributed by atoms with Crippen molar-refractivity contribution in [2.24, 2.45) is 4.99 Å². The van der Waals surface area contributed by atoms with Crippen LogP contribution >= 0.6 is 35.3 Å². The number of nitrogens with one attached hydrogen (secondary N) is 2. The Balaban J connectivity index is 0.00000338. The second-order valence-electron chi connectivity index (χ2n) is 5.84. The number of hydrogen-bond donors (Lipinski definition) is 2. The molecule has 5 nitrogen and oxygen atoms in total. The molecule has 0 bridgehead atoms. The van der Waals surface area contributed by atoms with E-state index in [-0.39, 0.29) is 24.0 Å². The summed E-state index contributed by atoms with van der Waals surface area (Å²) in [7, 11) is 0. The van der Waals surface area contributed by atoms with E-state index in [1.165, 1.54) is 10.4 Å². The third kappa shape index (κ3) is 6.75. The largest absolute Gasteiger partial charge is 0.494 e. The van der Waals surface area contributed by atoms with Gasteiger partial charge in [0.25, 0.3) is 0 Å². The van der Waals surface area contributed by atoms with Crippen LogP contribution in [0.3, 0.4) is 0 Å². The molecule has 1 aromatic heterocycles. The molecule has 144 valence electrons. The van der Waals surface area contributed by atoms with Gasteiger partial charge in [0.05, 0.1) is 25.4 Å². The molecule has 2 aromatic rings. The van der Waals surface area contributed by atoms with Gasteiger partial charge in [-0.15, -0.1) is 35.3 Å². The van der Waals surface area contributed by atoms with Crippen molar-refractivity contribution in [3.8, 4) is 5.75 Å². The highest BCUT2D eigenvalue weighted by Crippen LogP contribution is 2.21. The Morgan fingerprint density at radius 1 is 1.19 bits per heavy atom. The predicted octanol–water partition coefficient (Wildman–Crippen LogP) is 4.34. The molecule has 0 atom stereocenters. The Morgan fingerprint density at radius 3 is 2.58 bits per heavy atom. The molecule has 1 heterocycles. The van der Waals surface area contributed by atoms with Gasteiger partial charge in [-0.3, -0.25) is 0 Å². The van der Waals surface area contributed by atoms with Crippen LogP contribution in [0.2, 0.25) is 0 Å². The Kier molecular flexibility index (Phi) is 9.93. The quantitative estimate of drug-likeness (QED) is 0.346. The molecule has 2 N–H and O–H groups in total. The first-order chi connectivity index (χ1) is 12.0. The third-order valence-corrected chi connectivity index (χ3v) is 4.83. The van der Waals surface area contributed by atoms with E-state index in [9.17, 15) is 0 Å². The van der Waals surface area contributed by atoms with E-state index in [1.54, 1.807) is 11.3 Å². The molecule has 26 heavy (non-hydrogen) atoms. The summed E-state index contributed by atoms with van der Waals surface area (Å²) >= 11 is 1.72. The number of ether oxygens (including phenoxy) is 1. The van der Waals surface area contributed by atoms with Gasteiger partial charge in [-0.2, -0.15) is 0 Å². The highest BCUT2D eigenvalue weighted by molar-refractivity contribution is 14.0. The van der Waals surface area contributed by atoms with Crippen LogP contribution in [0, 0.1) is 20.8 Å². The zero-order valence-electron chi connectivity index (χ0n) is 16.2. The normalized spacial score (nSPS) is 11.0. The molecule has 2 rings (SSSR count). The monoisotopic (exact) mass is 488 g/mol. The molecular weight excluding hydrogens is 459 g/mol. The van der Waals surface area contributed by atoms with Crippen molar-refractivity contribution < 1.29 is 4.74 Å². The third-order valence-electron chi connectivity index (χ3n) is 3.75. The lowest BCUT2D eigenvalue weighted by Gasteiger charge is -2.12. The first-order valence-corrected chi connectivity index (χ1v) is 9.52. The maximum absolute atomic E-state index is 5.74. The number of rotatable bonds is 7. The molecule has 0 saturated carbocycles. The summed E-state index contributed by atoms with van der Waals surface area (Å²) in [6, 6.07) is 6.24. The lowest BCUT2D eigenvalue weighted by Crippen LogP contribution is -2.36. The first kappa shape index (κ1) is 22.7. The minimum Gasteiger partial charge on any atom is -0.494 e. The Hall–Kier alpha value is -1.35. The van der Waals surface area contributed by atoms with Crippen molar-refractivity contribution in [2.45, 2.75) is 47.7 Å². The second kappa shape index (κ2) is 11.4. The number of guanidine groups is 1. The smallest absolute Gasteiger partial charge is 0.191 e. The highest BCUT2D eigenvalue weighted by Gasteiger charge is 2.07. The van der Waals surface area contributed by atoms with Crippen LogP contribution in [-0.4, -0.2) is 24.1 Å². The SMILES string of the molecule is CCNC(=NCc1ccc(C)cc1OCC)NCc1nc(C)c(C)s1.I. The number of aliphatic imine (C=N–C) groups is 1. The van der Waals surface area contributed by atoms with E-state index in [1.807, 2.05) is 13.8 Å². The summed E-state index contributed by atoms with van der Waals surface area (Å²) in [5, 5.41) is 7.71. The average Bonchev–Trinajstić information content (AvgIpc) is 2.90. The first-order valence-electron chi connectivity index (χ1n) is 8.70. The van der Waals surface area contributed by atoms with Gasteiger partial charge >= 0.3 is 0 Å². The molecule has 0 aliphatic carbocycles. The van der Waals surface area contributed by atoms with Gasteiger partial charge in [0.15, 0.2) is 5.96 Å². The number of halogens is 1. The summed E-state index contributed by atoms with van der Waals surface area (Å²) in [4.78, 5) is 10.5. The molecule has 0 amide bonds. The number of nitrogens with zero attached hydrogens (tertiary/aromatic N) is 2. The molecular formula is C19H29IN4OS. The lowest BCUT2D eigenvalue weighted by molar-refractivity contribution is 0.336. The zero-order chi connectivity index (χ0) is 18.2. The van der Waals surface area contributed by atoms with Gasteiger partial charge in [-0.1, -0.05) is 12.1 Å². The predicted molar refractivity (Wildman–Crippen MR) is 121 cm³/mol. The number of aryl methyl sites for hydroxylation is 3. The summed E-state index contributed by atoms with van der Waals surface area (Å²) in [5.74, 6) is 1.70. The van der Waals surface area contributed by atoms with Gasteiger partial charge in [0.1, 0.15) is 10.8 Å². The van der Waals surface area contributed by atoms with Crippen LogP contribution < -0.4 is 15.4 Å². The van der Waals surface area contributed by atoms with Gasteiger partial charge in [0.2, 0.25) is 0 Å². The molecule has 0 radical (unpaired) electrons. The molecule has 0 spiro atoms. The van der Waals surface area contributed by atoms with Crippen LogP contribution in [0.1, 0.15) is 40.6 Å². The van der Waals surface area contributed by atoms with E-state index in [2.05, 4.69) is 54.6 Å². The number of thiazole rings is 1. The summed E-state index contributed by atoms with van der Waals surface area (Å²) < 4.78 is 5.74. The zero-order valence-corrected chi connectivity index (χ0v) is 19.3. The van der Waals surface area contributed by atoms with Crippen molar-refractivity contribution in [1.29, 1.82) is 0 Å². The van der Waals surface area contributed by atoms with Gasteiger partial charge in [-0.25, -0.2) is 9.98 Å². The van der Waals surface area contributed by atoms with Crippen LogP contribution in [0.25, 0.3) is 0 Å². The van der Waals surface area contributed by atoms with Crippen molar-refractivity contribution in [3.63, 3.8) is 0 Å². The fourth-order valence-electron chi connectivity index (χ4n) is 2.36. The summed E-state index contributed by atoms with van der Waals surface area (Å²) in [6.07, 6.45) is 0. The van der Waals surface area contributed by atoms with Crippen LogP contribution in [0.15, 0.2) is 23.2 Å². The highest BCUT2D eigenvalue weighted by atomic mass is 127. The van der Waals surface area contributed by atoms with Crippen molar-refractivity contribution >= 4 is 41.3 Å².